The van der Waals surface area contributed by atoms with Gasteiger partial charge in [0.05, 0.1) is 0 Å². The lowest BCUT2D eigenvalue weighted by molar-refractivity contribution is -0.121. The van der Waals surface area contributed by atoms with E-state index in [-0.39, 0.29) is 5.91 Å². The smallest absolute Gasteiger partial charge is 0.220 e. The van der Waals surface area contributed by atoms with E-state index in [2.05, 4.69) is 22.8 Å². The minimum atomic E-state index is 0.226. The number of hydrogen-bond donors (Lipinski definition) is 1. The van der Waals surface area contributed by atoms with E-state index in [1.54, 1.807) is 11.3 Å². The van der Waals surface area contributed by atoms with E-state index in [1.165, 1.54) is 11.3 Å². The van der Waals surface area contributed by atoms with Crippen molar-refractivity contribution in [3.05, 3.63) is 22.4 Å². The van der Waals surface area contributed by atoms with Gasteiger partial charge < -0.3 is 5.32 Å². The Morgan fingerprint density at radius 3 is 3.21 bits per heavy atom. The van der Waals surface area contributed by atoms with Crippen molar-refractivity contribution in [2.45, 2.75) is 38.1 Å². The molecule has 0 aromatic carbocycles. The molecule has 2 nitrogen and oxygen atoms in total. The Hall–Kier alpha value is -0.830. The maximum atomic E-state index is 11.3. The van der Waals surface area contributed by atoms with Crippen LogP contribution in [0.4, 0.5) is 0 Å². The summed E-state index contributed by atoms with van der Waals surface area (Å²) in [5, 5.41) is 5.18. The molecule has 1 unspecified atom stereocenters. The molecular formula is C11H15NOS. The van der Waals surface area contributed by atoms with Crippen LogP contribution < -0.4 is 5.32 Å². The average molecular weight is 209 g/mol. The summed E-state index contributed by atoms with van der Waals surface area (Å²) in [5.74, 6) is 0.226. The van der Waals surface area contributed by atoms with Gasteiger partial charge in [-0.3, -0.25) is 4.79 Å². The first-order valence-electron chi connectivity index (χ1n) is 5.16. The molecule has 2 rings (SSSR count). The van der Waals surface area contributed by atoms with Crippen molar-refractivity contribution in [2.24, 2.45) is 0 Å². The molecule has 76 valence electrons. The molecule has 3 heteroatoms. The van der Waals surface area contributed by atoms with Crippen LogP contribution in [0.1, 0.15) is 30.6 Å². The maximum absolute atomic E-state index is 11.3. The first kappa shape index (κ1) is 9.71. The topological polar surface area (TPSA) is 29.1 Å². The molecular weight excluding hydrogens is 194 g/mol. The molecule has 1 atom stereocenters. The van der Waals surface area contributed by atoms with Gasteiger partial charge in [0.2, 0.25) is 5.91 Å². The summed E-state index contributed by atoms with van der Waals surface area (Å²) in [6, 6.07) is 4.57. The first-order chi connectivity index (χ1) is 6.84. The van der Waals surface area contributed by atoms with Gasteiger partial charge in [0, 0.05) is 23.8 Å². The molecule has 0 bridgehead atoms. The molecule has 1 aliphatic rings. The van der Waals surface area contributed by atoms with Crippen LogP contribution in [-0.4, -0.2) is 11.9 Å². The van der Waals surface area contributed by atoms with Crippen LogP contribution in [0, 0.1) is 0 Å². The third kappa shape index (κ3) is 2.58. The van der Waals surface area contributed by atoms with E-state index < -0.39 is 0 Å². The van der Waals surface area contributed by atoms with Gasteiger partial charge in [-0.15, -0.1) is 11.3 Å². The largest absolute Gasteiger partial charge is 0.353 e. The van der Waals surface area contributed by atoms with Crippen molar-refractivity contribution >= 4 is 17.2 Å². The van der Waals surface area contributed by atoms with Gasteiger partial charge in [0.15, 0.2) is 0 Å². The zero-order chi connectivity index (χ0) is 9.80. The van der Waals surface area contributed by atoms with Gasteiger partial charge in [-0.1, -0.05) is 12.5 Å². The Kier molecular flexibility index (Phi) is 3.19. The lowest BCUT2D eigenvalue weighted by Gasteiger charge is -2.14. The zero-order valence-electron chi connectivity index (χ0n) is 8.16. The van der Waals surface area contributed by atoms with Crippen molar-refractivity contribution in [2.75, 3.05) is 0 Å². The molecule has 0 spiro atoms. The van der Waals surface area contributed by atoms with Crippen LogP contribution in [0.3, 0.4) is 0 Å². The summed E-state index contributed by atoms with van der Waals surface area (Å²) in [6.07, 6.45) is 5.07. The Morgan fingerprint density at radius 1 is 1.50 bits per heavy atom. The van der Waals surface area contributed by atoms with Crippen LogP contribution in [-0.2, 0) is 11.2 Å². The first-order valence-corrected chi connectivity index (χ1v) is 6.04. The number of carbonyl (C=O) groups is 1. The standard InChI is InChI=1S/C11H15NOS/c13-11-6-2-1-4-9(12-11)8-10-5-3-7-14-10/h3,5,7,9H,1-2,4,6,8H2,(H,12,13). The highest BCUT2D eigenvalue weighted by Crippen LogP contribution is 2.16. The normalized spacial score (nSPS) is 22.9. The quantitative estimate of drug-likeness (QED) is 0.796. The summed E-state index contributed by atoms with van der Waals surface area (Å²) in [7, 11) is 0. The van der Waals surface area contributed by atoms with E-state index in [1.807, 2.05) is 0 Å². The highest BCUT2D eigenvalue weighted by atomic mass is 32.1. The van der Waals surface area contributed by atoms with E-state index in [0.717, 1.165) is 19.3 Å². The van der Waals surface area contributed by atoms with Crippen molar-refractivity contribution in [1.82, 2.24) is 5.32 Å². The molecule has 1 aromatic heterocycles. The predicted octanol–water partition coefficient (Wildman–Crippen LogP) is 2.35. The van der Waals surface area contributed by atoms with E-state index in [4.69, 9.17) is 0 Å². The third-order valence-electron chi connectivity index (χ3n) is 2.60. The molecule has 14 heavy (non-hydrogen) atoms. The molecule has 1 fully saturated rings. The number of rotatable bonds is 2. The van der Waals surface area contributed by atoms with E-state index >= 15 is 0 Å². The molecule has 2 heterocycles. The van der Waals surface area contributed by atoms with Gasteiger partial charge in [0.1, 0.15) is 0 Å². The SMILES string of the molecule is O=C1CCCCC(Cc2cccs2)N1. The van der Waals surface area contributed by atoms with Gasteiger partial charge >= 0.3 is 0 Å². The predicted molar refractivity (Wildman–Crippen MR) is 58.4 cm³/mol. The van der Waals surface area contributed by atoms with Gasteiger partial charge in [0.25, 0.3) is 0 Å². The second-order valence-electron chi connectivity index (χ2n) is 3.79. The van der Waals surface area contributed by atoms with Crippen LogP contribution in [0.15, 0.2) is 17.5 Å². The third-order valence-corrected chi connectivity index (χ3v) is 3.50. The molecule has 1 aliphatic heterocycles. The lowest BCUT2D eigenvalue weighted by Crippen LogP contribution is -2.34. The van der Waals surface area contributed by atoms with Crippen LogP contribution in [0.5, 0.6) is 0 Å². The highest BCUT2D eigenvalue weighted by molar-refractivity contribution is 7.09. The number of carbonyl (C=O) groups excluding carboxylic acids is 1. The highest BCUT2D eigenvalue weighted by Gasteiger charge is 2.16. The minimum absolute atomic E-state index is 0.226. The molecule has 0 saturated carbocycles. The van der Waals surface area contributed by atoms with E-state index in [0.29, 0.717) is 12.5 Å². The van der Waals surface area contributed by atoms with Gasteiger partial charge in [-0.2, -0.15) is 0 Å². The monoisotopic (exact) mass is 209 g/mol. The maximum Gasteiger partial charge on any atom is 0.220 e. The van der Waals surface area contributed by atoms with Crippen molar-refractivity contribution in [3.63, 3.8) is 0 Å². The number of thiophene rings is 1. The molecule has 0 aliphatic carbocycles. The Labute approximate surface area is 88.3 Å². The fraction of sp³-hybridized carbons (Fsp3) is 0.545. The number of hydrogen-bond acceptors (Lipinski definition) is 2. The summed E-state index contributed by atoms with van der Waals surface area (Å²) in [5.41, 5.74) is 0. The molecule has 0 radical (unpaired) electrons. The zero-order valence-corrected chi connectivity index (χ0v) is 8.98. The molecule has 1 saturated heterocycles. The van der Waals surface area contributed by atoms with Crippen LogP contribution in [0.2, 0.25) is 0 Å². The van der Waals surface area contributed by atoms with Crippen LogP contribution >= 0.6 is 11.3 Å². The summed E-state index contributed by atoms with van der Waals surface area (Å²) in [6.45, 7) is 0. The average Bonchev–Trinajstić information content (AvgIpc) is 2.56. The van der Waals surface area contributed by atoms with Gasteiger partial charge in [-0.05, 0) is 24.3 Å². The summed E-state index contributed by atoms with van der Waals surface area (Å²) in [4.78, 5) is 12.7. The number of amides is 1. The van der Waals surface area contributed by atoms with Crippen molar-refractivity contribution in [3.8, 4) is 0 Å². The Morgan fingerprint density at radius 2 is 2.43 bits per heavy atom. The minimum Gasteiger partial charge on any atom is -0.353 e. The van der Waals surface area contributed by atoms with Gasteiger partial charge in [-0.25, -0.2) is 0 Å². The molecule has 1 N–H and O–H groups in total. The number of nitrogens with one attached hydrogen (secondary N) is 1. The van der Waals surface area contributed by atoms with E-state index in [9.17, 15) is 4.79 Å². The summed E-state index contributed by atoms with van der Waals surface area (Å²) < 4.78 is 0. The van der Waals surface area contributed by atoms with Crippen molar-refractivity contribution < 1.29 is 4.79 Å². The molecule has 1 aromatic rings. The van der Waals surface area contributed by atoms with Crippen molar-refractivity contribution in [1.29, 1.82) is 0 Å². The lowest BCUT2D eigenvalue weighted by atomic mass is 10.1. The summed E-state index contributed by atoms with van der Waals surface area (Å²) >= 11 is 1.77. The van der Waals surface area contributed by atoms with Crippen LogP contribution in [0.25, 0.3) is 0 Å². The second kappa shape index (κ2) is 4.60. The Balaban J connectivity index is 1.93. The fourth-order valence-electron chi connectivity index (χ4n) is 1.87. The molecule has 1 amide bonds. The second-order valence-corrected chi connectivity index (χ2v) is 4.83. The fourth-order valence-corrected chi connectivity index (χ4v) is 2.66. The Bertz CT molecular complexity index is 294.